The van der Waals surface area contributed by atoms with Gasteiger partial charge in [-0.1, -0.05) is 17.3 Å². The van der Waals surface area contributed by atoms with Gasteiger partial charge < -0.3 is 14.4 Å². The second-order valence-corrected chi connectivity index (χ2v) is 4.49. The number of aromatic nitrogens is 2. The molecular weight excluding hydrogens is 248 g/mol. The lowest BCUT2D eigenvalue weighted by Gasteiger charge is -2.17. The van der Waals surface area contributed by atoms with E-state index in [9.17, 15) is 4.79 Å². The number of ether oxygens (including phenoxy) is 1. The number of hydrogen-bond acceptors (Lipinski definition) is 5. The van der Waals surface area contributed by atoms with Gasteiger partial charge >= 0.3 is 5.97 Å². The van der Waals surface area contributed by atoms with Crippen molar-refractivity contribution in [1.29, 1.82) is 0 Å². The van der Waals surface area contributed by atoms with Crippen LogP contribution >= 0.6 is 0 Å². The molecule has 1 N–H and O–H groups in total. The van der Waals surface area contributed by atoms with Gasteiger partial charge in [-0.25, -0.2) is 4.79 Å². The van der Waals surface area contributed by atoms with Crippen LogP contribution in [0.25, 0.3) is 11.5 Å². The minimum absolute atomic E-state index is 0.118. The highest BCUT2D eigenvalue weighted by Gasteiger charge is 2.27. The summed E-state index contributed by atoms with van der Waals surface area (Å²) in [5, 5.41) is 13.0. The van der Waals surface area contributed by atoms with E-state index in [1.165, 1.54) is 6.07 Å². The molecule has 0 aliphatic rings. The third-order valence-corrected chi connectivity index (χ3v) is 2.86. The molecule has 6 heteroatoms. The minimum Gasteiger partial charge on any atom is -0.478 e. The number of benzene rings is 1. The van der Waals surface area contributed by atoms with Crippen molar-refractivity contribution in [3.05, 3.63) is 35.7 Å². The molecule has 19 heavy (non-hydrogen) atoms. The number of carboxylic acid groups (broad SMARTS) is 1. The average Bonchev–Trinajstić information content (AvgIpc) is 2.89. The van der Waals surface area contributed by atoms with E-state index in [-0.39, 0.29) is 11.5 Å². The van der Waals surface area contributed by atoms with Crippen LogP contribution in [0.1, 0.15) is 30.0 Å². The summed E-state index contributed by atoms with van der Waals surface area (Å²) in [7, 11) is 1.54. The zero-order chi connectivity index (χ0) is 14.0. The van der Waals surface area contributed by atoms with Crippen molar-refractivity contribution in [2.45, 2.75) is 19.4 Å². The van der Waals surface area contributed by atoms with Crippen molar-refractivity contribution in [3.63, 3.8) is 0 Å². The van der Waals surface area contributed by atoms with Crippen LogP contribution in [0.4, 0.5) is 0 Å². The molecular formula is C13H14N2O4. The average molecular weight is 262 g/mol. The predicted octanol–water partition coefficient (Wildman–Crippen LogP) is 2.32. The van der Waals surface area contributed by atoms with Gasteiger partial charge in [0.1, 0.15) is 5.60 Å². The molecule has 1 aromatic heterocycles. The Balaban J connectivity index is 2.47. The van der Waals surface area contributed by atoms with E-state index in [0.29, 0.717) is 11.4 Å². The van der Waals surface area contributed by atoms with Crippen molar-refractivity contribution >= 4 is 5.97 Å². The van der Waals surface area contributed by atoms with Crippen molar-refractivity contribution in [3.8, 4) is 11.5 Å². The van der Waals surface area contributed by atoms with Crippen LogP contribution < -0.4 is 0 Å². The van der Waals surface area contributed by atoms with Gasteiger partial charge in [-0.3, -0.25) is 0 Å². The van der Waals surface area contributed by atoms with Crippen LogP contribution in [0.5, 0.6) is 0 Å². The number of nitrogens with zero attached hydrogens (tertiary/aromatic N) is 2. The summed E-state index contributed by atoms with van der Waals surface area (Å²) in [4.78, 5) is 15.3. The molecule has 0 fully saturated rings. The van der Waals surface area contributed by atoms with Crippen molar-refractivity contribution < 1.29 is 19.2 Å². The summed E-state index contributed by atoms with van der Waals surface area (Å²) in [6.45, 7) is 3.59. The molecule has 100 valence electrons. The monoisotopic (exact) mass is 262 g/mol. The van der Waals surface area contributed by atoms with Crippen molar-refractivity contribution in [2.24, 2.45) is 0 Å². The van der Waals surface area contributed by atoms with Crippen LogP contribution in [0.15, 0.2) is 28.8 Å². The third kappa shape index (κ3) is 2.48. The maximum Gasteiger partial charge on any atom is 0.336 e. The van der Waals surface area contributed by atoms with Gasteiger partial charge in [0, 0.05) is 7.11 Å². The fraction of sp³-hybridized carbons (Fsp3) is 0.308. The van der Waals surface area contributed by atoms with Gasteiger partial charge in [-0.15, -0.1) is 0 Å². The number of carboxylic acids is 1. The van der Waals surface area contributed by atoms with Gasteiger partial charge in [0.2, 0.25) is 5.82 Å². The van der Waals surface area contributed by atoms with E-state index in [2.05, 4.69) is 10.1 Å². The van der Waals surface area contributed by atoms with Crippen molar-refractivity contribution in [2.75, 3.05) is 7.11 Å². The molecule has 0 spiro atoms. The van der Waals surface area contributed by atoms with Gasteiger partial charge in [0.05, 0.1) is 11.1 Å². The molecule has 0 aliphatic carbocycles. The molecule has 0 saturated heterocycles. The smallest absolute Gasteiger partial charge is 0.336 e. The number of carbonyl (C=O) groups is 1. The Bertz CT molecular complexity index is 604. The largest absolute Gasteiger partial charge is 0.478 e. The summed E-state index contributed by atoms with van der Waals surface area (Å²) in [6, 6.07) is 6.47. The highest BCUT2D eigenvalue weighted by atomic mass is 16.5. The van der Waals surface area contributed by atoms with Crippen LogP contribution in [0.3, 0.4) is 0 Å². The summed E-state index contributed by atoms with van der Waals surface area (Å²) >= 11 is 0. The van der Waals surface area contributed by atoms with E-state index in [1.807, 2.05) is 0 Å². The van der Waals surface area contributed by atoms with Gasteiger partial charge in [0.25, 0.3) is 5.89 Å². The first kappa shape index (κ1) is 13.2. The molecule has 0 saturated carbocycles. The van der Waals surface area contributed by atoms with Crippen LogP contribution in [0.2, 0.25) is 0 Å². The third-order valence-electron chi connectivity index (χ3n) is 2.86. The first-order chi connectivity index (χ1) is 8.95. The van der Waals surface area contributed by atoms with E-state index >= 15 is 0 Å². The van der Waals surface area contributed by atoms with E-state index in [0.717, 1.165) is 0 Å². The normalized spacial score (nSPS) is 11.5. The molecule has 1 heterocycles. The highest BCUT2D eigenvalue weighted by molar-refractivity contribution is 5.94. The fourth-order valence-electron chi connectivity index (χ4n) is 1.52. The molecule has 6 nitrogen and oxygen atoms in total. The molecule has 0 radical (unpaired) electrons. The van der Waals surface area contributed by atoms with Crippen molar-refractivity contribution in [1.82, 2.24) is 10.1 Å². The molecule has 0 atom stereocenters. The van der Waals surface area contributed by atoms with Crippen LogP contribution in [-0.4, -0.2) is 28.3 Å². The Hall–Kier alpha value is -2.21. The Morgan fingerprint density at radius 2 is 2.05 bits per heavy atom. The Morgan fingerprint density at radius 1 is 1.37 bits per heavy atom. The number of rotatable bonds is 4. The second-order valence-electron chi connectivity index (χ2n) is 4.49. The van der Waals surface area contributed by atoms with E-state index < -0.39 is 11.6 Å². The number of hydrogen-bond donors (Lipinski definition) is 1. The molecule has 2 aromatic rings. The summed E-state index contributed by atoms with van der Waals surface area (Å²) in [6.07, 6.45) is 0. The fourth-order valence-corrected chi connectivity index (χ4v) is 1.52. The highest BCUT2D eigenvalue weighted by Crippen LogP contribution is 2.26. The standard InChI is InChI=1S/C13H14N2O4/c1-13(2,18-3)12-14-10(19-15-12)8-6-4-5-7-9(8)11(16)17/h4-7H,1-3H3,(H,16,17). The van der Waals surface area contributed by atoms with E-state index in [1.54, 1.807) is 39.2 Å². The van der Waals surface area contributed by atoms with Gasteiger partial charge in [-0.2, -0.15) is 4.98 Å². The number of methoxy groups -OCH3 is 1. The van der Waals surface area contributed by atoms with Gasteiger partial charge in [-0.05, 0) is 26.0 Å². The molecule has 1 aromatic carbocycles. The Labute approximate surface area is 110 Å². The quantitative estimate of drug-likeness (QED) is 0.910. The Kier molecular flexibility index (Phi) is 3.35. The molecule has 2 rings (SSSR count). The Morgan fingerprint density at radius 3 is 2.68 bits per heavy atom. The lowest BCUT2D eigenvalue weighted by molar-refractivity contribution is 0.00973. The first-order valence-corrected chi connectivity index (χ1v) is 5.67. The maximum absolute atomic E-state index is 11.1. The zero-order valence-corrected chi connectivity index (χ0v) is 10.9. The molecule has 0 unspecified atom stereocenters. The summed E-state index contributed by atoms with van der Waals surface area (Å²) in [5.41, 5.74) is -0.187. The second kappa shape index (κ2) is 4.81. The summed E-state index contributed by atoms with van der Waals surface area (Å²) < 4.78 is 10.4. The zero-order valence-electron chi connectivity index (χ0n) is 10.9. The van der Waals surface area contributed by atoms with E-state index in [4.69, 9.17) is 14.4 Å². The van der Waals surface area contributed by atoms with Crippen LogP contribution in [-0.2, 0) is 10.3 Å². The first-order valence-electron chi connectivity index (χ1n) is 5.67. The maximum atomic E-state index is 11.1. The number of aromatic carboxylic acids is 1. The summed E-state index contributed by atoms with van der Waals surface area (Å²) in [5.74, 6) is -0.510. The topological polar surface area (TPSA) is 85.5 Å². The molecule has 0 aliphatic heterocycles. The van der Waals surface area contributed by atoms with Crippen LogP contribution in [0, 0.1) is 0 Å². The predicted molar refractivity (Wildman–Crippen MR) is 66.7 cm³/mol. The van der Waals surface area contributed by atoms with Gasteiger partial charge in [0.15, 0.2) is 0 Å². The lowest BCUT2D eigenvalue weighted by Crippen LogP contribution is -2.21. The lowest BCUT2D eigenvalue weighted by atomic mass is 10.1. The minimum atomic E-state index is -1.04. The molecule has 0 bridgehead atoms. The molecule has 0 amide bonds. The SMILES string of the molecule is COC(C)(C)c1noc(-c2ccccc2C(=O)O)n1.